The molecule has 2 heterocycles. The molecule has 90 valence electrons. The van der Waals surface area contributed by atoms with Crippen molar-refractivity contribution in [1.82, 2.24) is 10.3 Å². The molecule has 2 rings (SSSR count). The van der Waals surface area contributed by atoms with E-state index in [2.05, 4.69) is 17.2 Å². The molecule has 1 N–H and O–H groups in total. The van der Waals surface area contributed by atoms with Crippen molar-refractivity contribution in [1.29, 1.82) is 0 Å². The Morgan fingerprint density at radius 3 is 3.06 bits per heavy atom. The second kappa shape index (κ2) is 6.33. The van der Waals surface area contributed by atoms with E-state index in [1.165, 1.54) is 17.8 Å². The van der Waals surface area contributed by atoms with Crippen molar-refractivity contribution in [2.75, 3.05) is 19.8 Å². The van der Waals surface area contributed by atoms with Gasteiger partial charge in [0.1, 0.15) is 0 Å². The summed E-state index contributed by atoms with van der Waals surface area (Å²) in [5.74, 6) is 0.782. The second-order valence-corrected chi connectivity index (χ2v) is 5.35. The lowest BCUT2D eigenvalue weighted by atomic mass is 9.93. The highest BCUT2D eigenvalue weighted by Crippen LogP contribution is 2.18. The highest BCUT2D eigenvalue weighted by Gasteiger charge is 2.19. The molecular formula is C12H20N2OS. The normalized spacial score (nSPS) is 19.8. The van der Waals surface area contributed by atoms with Crippen molar-refractivity contribution < 1.29 is 4.74 Å². The van der Waals surface area contributed by atoms with Crippen molar-refractivity contribution >= 4 is 11.3 Å². The minimum absolute atomic E-state index is 0.601. The Balaban J connectivity index is 1.65. The van der Waals surface area contributed by atoms with E-state index in [0.29, 0.717) is 6.04 Å². The van der Waals surface area contributed by atoms with Crippen LogP contribution in [-0.4, -0.2) is 30.8 Å². The molecule has 1 fully saturated rings. The summed E-state index contributed by atoms with van der Waals surface area (Å²) in [5.41, 5.74) is 0. The van der Waals surface area contributed by atoms with Crippen molar-refractivity contribution in [3.63, 3.8) is 0 Å². The van der Waals surface area contributed by atoms with Crippen LogP contribution in [0.4, 0.5) is 0 Å². The summed E-state index contributed by atoms with van der Waals surface area (Å²) in [5, 5.41) is 6.87. The lowest BCUT2D eigenvalue weighted by molar-refractivity contribution is 0.0561. The molecule has 1 saturated heterocycles. The van der Waals surface area contributed by atoms with E-state index in [-0.39, 0.29) is 0 Å². The van der Waals surface area contributed by atoms with Crippen LogP contribution in [0.3, 0.4) is 0 Å². The minimum Gasteiger partial charge on any atom is -0.381 e. The third kappa shape index (κ3) is 3.54. The van der Waals surface area contributed by atoms with Crippen molar-refractivity contribution in [3.8, 4) is 0 Å². The van der Waals surface area contributed by atoms with Gasteiger partial charge in [0, 0.05) is 43.8 Å². The van der Waals surface area contributed by atoms with Crippen molar-refractivity contribution in [3.05, 3.63) is 16.6 Å². The standard InChI is InChI=1S/C12H20N2OS/c1-10(11-3-7-15-8-4-11)13-5-2-12-14-6-9-16-12/h6,9-11,13H,2-5,7-8H2,1H3. The first-order chi connectivity index (χ1) is 7.86. The number of nitrogens with one attached hydrogen (secondary N) is 1. The molecule has 1 aliphatic rings. The van der Waals surface area contributed by atoms with E-state index >= 15 is 0 Å². The number of thiazole rings is 1. The van der Waals surface area contributed by atoms with E-state index < -0.39 is 0 Å². The molecule has 3 nitrogen and oxygen atoms in total. The monoisotopic (exact) mass is 240 g/mol. The van der Waals surface area contributed by atoms with Gasteiger partial charge in [-0.05, 0) is 25.7 Å². The summed E-state index contributed by atoms with van der Waals surface area (Å²) in [7, 11) is 0. The molecule has 1 aromatic heterocycles. The number of hydrogen-bond donors (Lipinski definition) is 1. The second-order valence-electron chi connectivity index (χ2n) is 4.37. The Kier molecular flexibility index (Phi) is 4.75. The van der Waals surface area contributed by atoms with Gasteiger partial charge in [-0.2, -0.15) is 0 Å². The fourth-order valence-electron chi connectivity index (χ4n) is 2.17. The summed E-state index contributed by atoms with van der Waals surface area (Å²) in [6, 6.07) is 0.601. The molecule has 0 aromatic carbocycles. The van der Waals surface area contributed by atoms with Gasteiger partial charge >= 0.3 is 0 Å². The summed E-state index contributed by atoms with van der Waals surface area (Å²) < 4.78 is 5.38. The van der Waals surface area contributed by atoms with Crippen LogP contribution in [0.25, 0.3) is 0 Å². The van der Waals surface area contributed by atoms with Crippen molar-refractivity contribution in [2.24, 2.45) is 5.92 Å². The van der Waals surface area contributed by atoms with Crippen molar-refractivity contribution in [2.45, 2.75) is 32.2 Å². The number of nitrogens with zero attached hydrogens (tertiary/aromatic N) is 1. The SMILES string of the molecule is CC(NCCc1nccs1)C1CCOCC1. The zero-order chi connectivity index (χ0) is 11.2. The maximum atomic E-state index is 5.38. The molecule has 1 aliphatic heterocycles. The lowest BCUT2D eigenvalue weighted by Crippen LogP contribution is -2.37. The topological polar surface area (TPSA) is 34.2 Å². The molecule has 0 radical (unpaired) electrons. The molecule has 0 aliphatic carbocycles. The van der Waals surface area contributed by atoms with E-state index in [1.807, 2.05) is 11.6 Å². The largest absolute Gasteiger partial charge is 0.381 e. The quantitative estimate of drug-likeness (QED) is 0.855. The third-order valence-electron chi connectivity index (χ3n) is 3.26. The number of rotatable bonds is 5. The highest BCUT2D eigenvalue weighted by atomic mass is 32.1. The van der Waals surface area contributed by atoms with Gasteiger partial charge < -0.3 is 10.1 Å². The predicted molar refractivity (Wildman–Crippen MR) is 66.8 cm³/mol. The van der Waals surface area contributed by atoms with Crippen LogP contribution in [0.5, 0.6) is 0 Å². The predicted octanol–water partition coefficient (Wildman–Crippen LogP) is 2.09. The molecule has 1 aromatic rings. The van der Waals surface area contributed by atoms with Crippen LogP contribution in [0.2, 0.25) is 0 Å². The van der Waals surface area contributed by atoms with Gasteiger partial charge in [-0.1, -0.05) is 0 Å². The van der Waals surface area contributed by atoms with Gasteiger partial charge in [0.25, 0.3) is 0 Å². The van der Waals surface area contributed by atoms with Gasteiger partial charge in [-0.15, -0.1) is 11.3 Å². The highest BCUT2D eigenvalue weighted by molar-refractivity contribution is 7.09. The van der Waals surface area contributed by atoms with Crippen LogP contribution < -0.4 is 5.32 Å². The Morgan fingerprint density at radius 1 is 1.56 bits per heavy atom. The zero-order valence-electron chi connectivity index (χ0n) is 9.82. The Bertz CT molecular complexity index is 283. The van der Waals surface area contributed by atoms with E-state index in [4.69, 9.17) is 4.74 Å². The molecular weight excluding hydrogens is 220 g/mol. The van der Waals surface area contributed by atoms with Gasteiger partial charge in [0.05, 0.1) is 5.01 Å². The maximum absolute atomic E-state index is 5.38. The van der Waals surface area contributed by atoms with Crippen LogP contribution >= 0.6 is 11.3 Å². The minimum atomic E-state index is 0.601. The Hall–Kier alpha value is -0.450. The molecule has 4 heteroatoms. The number of aromatic nitrogens is 1. The number of ether oxygens (including phenoxy) is 1. The lowest BCUT2D eigenvalue weighted by Gasteiger charge is -2.28. The van der Waals surface area contributed by atoms with Crippen LogP contribution in [-0.2, 0) is 11.2 Å². The first kappa shape index (κ1) is 12.0. The van der Waals surface area contributed by atoms with Crippen LogP contribution in [0.1, 0.15) is 24.8 Å². The molecule has 1 atom stereocenters. The van der Waals surface area contributed by atoms with E-state index in [9.17, 15) is 0 Å². The Morgan fingerprint density at radius 2 is 2.38 bits per heavy atom. The maximum Gasteiger partial charge on any atom is 0.0937 e. The zero-order valence-corrected chi connectivity index (χ0v) is 10.6. The molecule has 1 unspecified atom stereocenters. The van der Waals surface area contributed by atoms with E-state index in [1.54, 1.807) is 11.3 Å². The number of hydrogen-bond acceptors (Lipinski definition) is 4. The average molecular weight is 240 g/mol. The van der Waals surface area contributed by atoms with E-state index in [0.717, 1.165) is 32.1 Å². The van der Waals surface area contributed by atoms with Gasteiger partial charge in [-0.25, -0.2) is 4.98 Å². The first-order valence-corrected chi connectivity index (χ1v) is 6.93. The summed E-state index contributed by atoms with van der Waals surface area (Å²) >= 11 is 1.74. The smallest absolute Gasteiger partial charge is 0.0937 e. The van der Waals surface area contributed by atoms with Crippen LogP contribution in [0, 0.1) is 5.92 Å². The summed E-state index contributed by atoms with van der Waals surface area (Å²) in [6.07, 6.45) is 5.32. The third-order valence-corrected chi connectivity index (χ3v) is 4.10. The molecule has 0 saturated carbocycles. The first-order valence-electron chi connectivity index (χ1n) is 6.06. The fourth-order valence-corrected chi connectivity index (χ4v) is 2.79. The molecule has 0 bridgehead atoms. The summed E-state index contributed by atoms with van der Waals surface area (Å²) in [4.78, 5) is 4.28. The molecule has 0 amide bonds. The van der Waals surface area contributed by atoms with Crippen LogP contribution in [0.15, 0.2) is 11.6 Å². The van der Waals surface area contributed by atoms with Gasteiger partial charge in [0.15, 0.2) is 0 Å². The molecule has 0 spiro atoms. The molecule has 16 heavy (non-hydrogen) atoms. The summed E-state index contributed by atoms with van der Waals surface area (Å²) in [6.45, 7) is 5.19. The van der Waals surface area contributed by atoms with Gasteiger partial charge in [0.2, 0.25) is 0 Å². The van der Waals surface area contributed by atoms with Gasteiger partial charge in [-0.3, -0.25) is 0 Å². The average Bonchev–Trinajstić information content (AvgIpc) is 2.83. The fraction of sp³-hybridized carbons (Fsp3) is 0.750. The Labute approximate surface area is 101 Å².